The molecule has 3 N–H and O–H groups in total. The highest BCUT2D eigenvalue weighted by molar-refractivity contribution is 7.92. The van der Waals surface area contributed by atoms with Gasteiger partial charge in [-0.15, -0.1) is 0 Å². The van der Waals surface area contributed by atoms with Gasteiger partial charge >= 0.3 is 0 Å². The average Bonchev–Trinajstić information content (AvgIpc) is 3.49. The maximum Gasteiger partial charge on any atom is 0.271 e. The molecule has 2 aromatic carbocycles. The summed E-state index contributed by atoms with van der Waals surface area (Å²) in [6.45, 7) is 0. The minimum atomic E-state index is -4.64. The molecular weight excluding hydrogens is 521 g/mol. The molecule has 0 saturated carbocycles. The SMILES string of the molecule is Cn1cc(Cl)cc(S(=O)(=O)Nc2ccc(F)c(-c3ccc4c(-c5ncc[nH]5)[nH]nc4c3F)c2F)c1=O. The Labute approximate surface area is 205 Å². The molecule has 36 heavy (non-hydrogen) atoms. The Bertz CT molecular complexity index is 1820. The number of nitrogens with zero attached hydrogens (tertiary/aromatic N) is 3. The molecule has 0 radical (unpaired) electrons. The van der Waals surface area contributed by atoms with E-state index in [0.717, 1.165) is 28.8 Å². The zero-order valence-corrected chi connectivity index (χ0v) is 19.7. The van der Waals surface area contributed by atoms with E-state index < -0.39 is 54.7 Å². The van der Waals surface area contributed by atoms with Crippen molar-refractivity contribution in [3.8, 4) is 22.6 Å². The van der Waals surface area contributed by atoms with Crippen molar-refractivity contribution in [1.82, 2.24) is 24.7 Å². The first-order chi connectivity index (χ1) is 17.1. The van der Waals surface area contributed by atoms with Gasteiger partial charge in [0.25, 0.3) is 15.6 Å². The first-order valence-electron chi connectivity index (χ1n) is 10.1. The van der Waals surface area contributed by atoms with Crippen LogP contribution in [0.15, 0.2) is 58.6 Å². The predicted octanol–water partition coefficient (Wildman–Crippen LogP) is 4.19. The van der Waals surface area contributed by atoms with E-state index in [1.165, 1.54) is 25.5 Å². The lowest BCUT2D eigenvalue weighted by Gasteiger charge is -2.13. The van der Waals surface area contributed by atoms with Crippen LogP contribution in [0.2, 0.25) is 5.02 Å². The molecular formula is C22H14ClF3N6O3S. The molecule has 0 amide bonds. The summed E-state index contributed by atoms with van der Waals surface area (Å²) in [5.74, 6) is -3.19. The van der Waals surface area contributed by atoms with Crippen LogP contribution in [0.5, 0.6) is 0 Å². The Kier molecular flexibility index (Phi) is 5.60. The van der Waals surface area contributed by atoms with Gasteiger partial charge in [-0.05, 0) is 24.3 Å². The van der Waals surface area contributed by atoms with Gasteiger partial charge < -0.3 is 9.55 Å². The number of hydrogen-bond acceptors (Lipinski definition) is 5. The van der Waals surface area contributed by atoms with E-state index in [2.05, 4.69) is 20.2 Å². The Morgan fingerprint density at radius 3 is 2.61 bits per heavy atom. The van der Waals surface area contributed by atoms with Gasteiger partial charge in [0.05, 0.1) is 16.3 Å². The number of rotatable bonds is 5. The zero-order valence-electron chi connectivity index (χ0n) is 18.1. The van der Waals surface area contributed by atoms with Gasteiger partial charge in [-0.2, -0.15) is 5.10 Å². The molecule has 0 aliphatic rings. The van der Waals surface area contributed by atoms with Crippen molar-refractivity contribution < 1.29 is 21.6 Å². The monoisotopic (exact) mass is 534 g/mol. The highest BCUT2D eigenvalue weighted by Crippen LogP contribution is 2.36. The lowest BCUT2D eigenvalue weighted by molar-refractivity contribution is 0.582. The number of nitrogens with one attached hydrogen (secondary N) is 3. The first kappa shape index (κ1) is 23.6. The molecule has 9 nitrogen and oxygen atoms in total. The molecule has 3 aromatic heterocycles. The predicted molar refractivity (Wildman–Crippen MR) is 126 cm³/mol. The third kappa shape index (κ3) is 3.82. The molecule has 14 heteroatoms. The number of H-pyrrole nitrogens is 2. The summed E-state index contributed by atoms with van der Waals surface area (Å²) in [7, 11) is -3.35. The number of benzene rings is 2. The maximum absolute atomic E-state index is 15.4. The van der Waals surface area contributed by atoms with E-state index >= 15 is 8.78 Å². The molecule has 0 saturated heterocycles. The van der Waals surface area contributed by atoms with E-state index in [1.54, 1.807) is 6.20 Å². The Hall–Kier alpha value is -4.10. The second-order valence-electron chi connectivity index (χ2n) is 7.69. The fourth-order valence-electron chi connectivity index (χ4n) is 3.74. The fraction of sp³-hybridized carbons (Fsp3) is 0.0455. The molecule has 0 aliphatic carbocycles. The number of pyridine rings is 1. The van der Waals surface area contributed by atoms with E-state index in [0.29, 0.717) is 16.9 Å². The summed E-state index contributed by atoms with van der Waals surface area (Å²) >= 11 is 5.86. The minimum absolute atomic E-state index is 0.0546. The lowest BCUT2D eigenvalue weighted by Crippen LogP contribution is -2.27. The summed E-state index contributed by atoms with van der Waals surface area (Å²) < 4.78 is 74.1. The molecule has 0 spiro atoms. The van der Waals surface area contributed by atoms with Gasteiger partial charge in [0.1, 0.15) is 17.0 Å². The summed E-state index contributed by atoms with van der Waals surface area (Å²) in [5.41, 5.74) is -2.77. The van der Waals surface area contributed by atoms with Crippen molar-refractivity contribution in [2.24, 2.45) is 7.05 Å². The minimum Gasteiger partial charge on any atom is -0.343 e. The molecule has 5 aromatic rings. The average molecular weight is 535 g/mol. The Morgan fingerprint density at radius 2 is 1.89 bits per heavy atom. The molecule has 184 valence electrons. The van der Waals surface area contributed by atoms with Gasteiger partial charge in [-0.25, -0.2) is 26.6 Å². The Balaban J connectivity index is 1.61. The topological polar surface area (TPSA) is 126 Å². The summed E-state index contributed by atoms with van der Waals surface area (Å²) in [5, 5.41) is 6.79. The van der Waals surface area contributed by atoms with Crippen LogP contribution in [0.4, 0.5) is 18.9 Å². The highest BCUT2D eigenvalue weighted by atomic mass is 35.5. The molecule has 0 unspecified atom stereocenters. The number of aromatic nitrogens is 5. The van der Waals surface area contributed by atoms with Crippen molar-refractivity contribution in [2.45, 2.75) is 4.90 Å². The summed E-state index contributed by atoms with van der Waals surface area (Å²) in [6.07, 6.45) is 4.25. The largest absolute Gasteiger partial charge is 0.343 e. The van der Waals surface area contributed by atoms with E-state index in [1.807, 2.05) is 4.72 Å². The third-order valence-corrected chi connectivity index (χ3v) is 6.98. The van der Waals surface area contributed by atoms with Gasteiger partial charge in [0.2, 0.25) is 0 Å². The van der Waals surface area contributed by atoms with Crippen LogP contribution < -0.4 is 10.3 Å². The van der Waals surface area contributed by atoms with Crippen LogP contribution in [0.25, 0.3) is 33.5 Å². The number of imidazole rings is 1. The summed E-state index contributed by atoms with van der Waals surface area (Å²) in [6, 6.07) is 5.04. The van der Waals surface area contributed by atoms with Crippen molar-refractivity contribution >= 4 is 38.2 Å². The van der Waals surface area contributed by atoms with Crippen LogP contribution in [0.1, 0.15) is 0 Å². The number of hydrogen-bond donors (Lipinski definition) is 3. The highest BCUT2D eigenvalue weighted by Gasteiger charge is 2.26. The Morgan fingerprint density at radius 1 is 1.11 bits per heavy atom. The normalized spacial score (nSPS) is 11.8. The molecule has 0 aliphatic heterocycles. The van der Waals surface area contributed by atoms with Crippen LogP contribution in [-0.2, 0) is 17.1 Å². The third-order valence-electron chi connectivity index (χ3n) is 5.41. The lowest BCUT2D eigenvalue weighted by atomic mass is 10.0. The van der Waals surface area contributed by atoms with E-state index in [-0.39, 0.29) is 10.5 Å². The standard InChI is InChI=1S/C22H14ClF3N6O3S/c1-32-9-10(23)8-15(22(32)33)36(34,35)31-14-5-4-13(24)16(18(14)26)11-2-3-12-19(17(11)25)29-30-20(12)21-27-6-7-28-21/h2-9,31H,1H3,(H,27,28)(H,29,30). The van der Waals surface area contributed by atoms with Crippen LogP contribution >= 0.6 is 11.6 Å². The fourth-order valence-corrected chi connectivity index (χ4v) is 5.27. The molecule has 5 rings (SSSR count). The van der Waals surface area contributed by atoms with Crippen molar-refractivity contribution in [2.75, 3.05) is 4.72 Å². The number of sulfonamides is 1. The molecule has 3 heterocycles. The summed E-state index contributed by atoms with van der Waals surface area (Å²) in [4.78, 5) is 18.5. The number of fused-ring (bicyclic) bond motifs is 1. The van der Waals surface area contributed by atoms with Gasteiger partial charge in [0.15, 0.2) is 22.4 Å². The number of aryl methyl sites for hydroxylation is 1. The second kappa shape index (κ2) is 8.53. The number of aromatic amines is 2. The molecule has 0 fully saturated rings. The van der Waals surface area contributed by atoms with Gasteiger partial charge in [0, 0.05) is 36.6 Å². The second-order valence-corrected chi connectivity index (χ2v) is 9.77. The van der Waals surface area contributed by atoms with Crippen molar-refractivity contribution in [3.63, 3.8) is 0 Å². The molecule has 0 bridgehead atoms. The maximum atomic E-state index is 15.4. The quantitative estimate of drug-likeness (QED) is 0.312. The van der Waals surface area contributed by atoms with Gasteiger partial charge in [-0.1, -0.05) is 17.7 Å². The number of anilines is 1. The van der Waals surface area contributed by atoms with Gasteiger partial charge in [-0.3, -0.25) is 14.6 Å². The zero-order chi connectivity index (χ0) is 25.8. The van der Waals surface area contributed by atoms with Crippen LogP contribution in [0.3, 0.4) is 0 Å². The van der Waals surface area contributed by atoms with Crippen LogP contribution in [-0.4, -0.2) is 33.2 Å². The van der Waals surface area contributed by atoms with E-state index in [9.17, 15) is 17.6 Å². The molecule has 0 atom stereocenters. The van der Waals surface area contributed by atoms with Crippen molar-refractivity contribution in [3.05, 3.63) is 81.8 Å². The number of halogens is 4. The van der Waals surface area contributed by atoms with E-state index in [4.69, 9.17) is 11.6 Å². The van der Waals surface area contributed by atoms with Crippen molar-refractivity contribution in [1.29, 1.82) is 0 Å². The smallest absolute Gasteiger partial charge is 0.271 e. The first-order valence-corrected chi connectivity index (χ1v) is 12.0. The van der Waals surface area contributed by atoms with Crippen LogP contribution in [0, 0.1) is 17.5 Å².